The van der Waals surface area contributed by atoms with E-state index in [4.69, 9.17) is 14.0 Å². The van der Waals surface area contributed by atoms with Gasteiger partial charge in [0.25, 0.3) is 0 Å². The van der Waals surface area contributed by atoms with E-state index in [1.165, 1.54) is 0 Å². The van der Waals surface area contributed by atoms with Crippen LogP contribution in [0, 0.1) is 0 Å². The Kier molecular flexibility index (Phi) is 5.26. The Hall–Kier alpha value is -1.37. The van der Waals surface area contributed by atoms with Crippen LogP contribution in [0.3, 0.4) is 0 Å². The predicted octanol–water partition coefficient (Wildman–Crippen LogP) is 2.76. The molecule has 0 atom stereocenters. The van der Waals surface area contributed by atoms with Crippen LogP contribution in [0.2, 0.25) is 0 Å². The normalized spacial score (nSPS) is 13.0. The molecule has 2 rings (SSSR count). The van der Waals surface area contributed by atoms with Crippen LogP contribution in [0.5, 0.6) is 0 Å². The number of hydrogen-bond acceptors (Lipinski definition) is 4. The first-order valence-corrected chi connectivity index (χ1v) is 7.93. The topological polar surface area (TPSA) is 45.0 Å². The number of imidazole rings is 1. The van der Waals surface area contributed by atoms with E-state index in [-0.39, 0.29) is 18.3 Å². The van der Waals surface area contributed by atoms with Gasteiger partial charge in [0.15, 0.2) is 0 Å². The maximum atomic E-state index is 6.19. The third-order valence-electron chi connectivity index (χ3n) is 3.18. The van der Waals surface area contributed by atoms with Crippen LogP contribution in [0.4, 0.5) is 0 Å². The smallest absolute Gasteiger partial charge is 0.426 e. The monoisotopic (exact) mass is 305 g/mol. The summed E-state index contributed by atoms with van der Waals surface area (Å²) < 4.78 is 20.5. The van der Waals surface area contributed by atoms with Gasteiger partial charge in [0.1, 0.15) is 5.65 Å². The minimum atomic E-state index is -2.08. The van der Waals surface area contributed by atoms with E-state index in [2.05, 4.69) is 4.98 Å². The van der Waals surface area contributed by atoms with E-state index >= 15 is 0 Å². The summed E-state index contributed by atoms with van der Waals surface area (Å²) in [7, 11) is 0. The van der Waals surface area contributed by atoms with Crippen LogP contribution >= 0.6 is 0 Å². The lowest BCUT2D eigenvalue weighted by Gasteiger charge is -2.46. The van der Waals surface area contributed by atoms with Crippen LogP contribution in [0.25, 0.3) is 5.65 Å². The van der Waals surface area contributed by atoms with E-state index in [1.54, 1.807) is 6.20 Å². The molecule has 5 nitrogen and oxygen atoms in total. The molecular formula is C16H26BN2O3-. The van der Waals surface area contributed by atoms with Gasteiger partial charge < -0.3 is 18.4 Å². The Morgan fingerprint density at radius 2 is 1.45 bits per heavy atom. The third kappa shape index (κ3) is 3.69. The van der Waals surface area contributed by atoms with Crippen molar-refractivity contribution in [3.63, 3.8) is 0 Å². The van der Waals surface area contributed by atoms with Crippen molar-refractivity contribution in [3.8, 4) is 0 Å². The Balaban J connectivity index is 2.60. The second kappa shape index (κ2) is 6.81. The highest BCUT2D eigenvalue weighted by Crippen LogP contribution is 2.18. The minimum Gasteiger partial charge on any atom is -0.538 e. The Bertz CT molecular complexity index is 584. The average Bonchev–Trinajstić information content (AvgIpc) is 2.83. The van der Waals surface area contributed by atoms with E-state index in [0.29, 0.717) is 0 Å². The van der Waals surface area contributed by atoms with Gasteiger partial charge in [-0.2, -0.15) is 0 Å². The molecule has 0 amide bonds. The molecule has 0 radical (unpaired) electrons. The Morgan fingerprint density at radius 1 is 0.909 bits per heavy atom. The SMILES string of the molecule is CC(C)O[B-](OC(C)C)(OC(C)C)c1cccc2nccn12. The molecule has 2 aromatic heterocycles. The molecule has 0 aromatic carbocycles. The fraction of sp³-hybridized carbons (Fsp3) is 0.562. The molecule has 0 spiro atoms. The molecule has 0 aliphatic carbocycles. The molecule has 122 valence electrons. The molecule has 0 fully saturated rings. The molecule has 2 heterocycles. The van der Waals surface area contributed by atoms with Gasteiger partial charge in [-0.1, -0.05) is 12.1 Å². The van der Waals surface area contributed by atoms with Crippen LogP contribution < -0.4 is 5.59 Å². The van der Waals surface area contributed by atoms with Crippen molar-refractivity contribution in [2.45, 2.75) is 59.9 Å². The molecule has 0 bridgehead atoms. The standard InChI is InChI=1S/C16H26BN2O3/c1-12(2)20-17(21-13(3)4,22-14(5)6)15-8-7-9-16-18-10-11-19(15)16/h7-14H,1-6H3/q-1. The summed E-state index contributed by atoms with van der Waals surface area (Å²) in [5.41, 5.74) is 1.68. The van der Waals surface area contributed by atoms with Gasteiger partial charge in [-0.3, -0.25) is 0 Å². The van der Waals surface area contributed by atoms with Crippen molar-refractivity contribution in [1.29, 1.82) is 0 Å². The van der Waals surface area contributed by atoms with E-state index in [0.717, 1.165) is 11.2 Å². The molecule has 22 heavy (non-hydrogen) atoms. The second-order valence-electron chi connectivity index (χ2n) is 6.30. The first-order chi connectivity index (χ1) is 10.3. The Labute approximate surface area is 132 Å². The number of rotatable bonds is 7. The molecule has 6 heteroatoms. The molecule has 0 saturated carbocycles. The molecular weight excluding hydrogens is 279 g/mol. The molecule has 0 aliphatic rings. The molecule has 2 aromatic rings. The average molecular weight is 305 g/mol. The third-order valence-corrected chi connectivity index (χ3v) is 3.18. The van der Waals surface area contributed by atoms with Gasteiger partial charge in [0.2, 0.25) is 0 Å². The number of fused-ring (bicyclic) bond motifs is 1. The fourth-order valence-electron chi connectivity index (χ4n) is 2.64. The van der Waals surface area contributed by atoms with Crippen LogP contribution in [0.15, 0.2) is 30.6 Å². The quantitative estimate of drug-likeness (QED) is 0.738. The zero-order valence-corrected chi connectivity index (χ0v) is 14.3. The van der Waals surface area contributed by atoms with E-state index < -0.39 is 6.75 Å². The van der Waals surface area contributed by atoms with Gasteiger partial charge in [0.05, 0.1) is 0 Å². The summed E-state index contributed by atoms with van der Waals surface area (Å²) >= 11 is 0. The predicted molar refractivity (Wildman–Crippen MR) is 89.2 cm³/mol. The van der Waals surface area contributed by atoms with Crippen molar-refractivity contribution < 1.29 is 14.0 Å². The maximum absolute atomic E-state index is 6.19. The lowest BCUT2D eigenvalue weighted by atomic mass is 9.71. The lowest BCUT2D eigenvalue weighted by Crippen LogP contribution is -2.62. The van der Waals surface area contributed by atoms with E-state index in [1.807, 2.05) is 70.3 Å². The van der Waals surface area contributed by atoms with Crippen LogP contribution in [0.1, 0.15) is 41.5 Å². The maximum Gasteiger partial charge on any atom is 0.426 e. The highest BCUT2D eigenvalue weighted by Gasteiger charge is 2.36. The number of hydrogen-bond donors (Lipinski definition) is 0. The first kappa shape index (κ1) is 17.0. The molecule has 0 unspecified atom stereocenters. The number of pyridine rings is 1. The molecule has 0 N–H and O–H groups in total. The van der Waals surface area contributed by atoms with Crippen molar-refractivity contribution in [2.24, 2.45) is 0 Å². The summed E-state index contributed by atoms with van der Waals surface area (Å²) in [4.78, 5) is 4.34. The summed E-state index contributed by atoms with van der Waals surface area (Å²) in [6.07, 6.45) is 3.57. The summed E-state index contributed by atoms with van der Waals surface area (Å²) in [6.45, 7) is 9.83. The largest absolute Gasteiger partial charge is 0.538 e. The van der Waals surface area contributed by atoms with Crippen molar-refractivity contribution >= 4 is 18.0 Å². The second-order valence-corrected chi connectivity index (χ2v) is 6.30. The van der Waals surface area contributed by atoms with Crippen LogP contribution in [-0.4, -0.2) is 34.5 Å². The highest BCUT2D eigenvalue weighted by atomic mass is 16.8. The number of nitrogens with zero attached hydrogens (tertiary/aromatic N) is 2. The minimum absolute atomic E-state index is 0.0312. The lowest BCUT2D eigenvalue weighted by molar-refractivity contribution is 0.0145. The summed E-state index contributed by atoms with van der Waals surface area (Å²) in [5, 5.41) is 0. The molecule has 0 saturated heterocycles. The van der Waals surface area contributed by atoms with Gasteiger partial charge >= 0.3 is 6.75 Å². The fourth-order valence-corrected chi connectivity index (χ4v) is 2.64. The summed E-state index contributed by atoms with van der Waals surface area (Å²) in [5.74, 6) is 0. The van der Waals surface area contributed by atoms with Gasteiger partial charge in [-0.25, -0.2) is 4.98 Å². The number of aromatic nitrogens is 2. The van der Waals surface area contributed by atoms with Crippen molar-refractivity contribution in [1.82, 2.24) is 9.38 Å². The van der Waals surface area contributed by atoms with Crippen molar-refractivity contribution in [2.75, 3.05) is 0 Å². The van der Waals surface area contributed by atoms with Gasteiger partial charge in [0, 0.05) is 30.7 Å². The van der Waals surface area contributed by atoms with Gasteiger partial charge in [-0.05, 0) is 53.2 Å². The zero-order valence-electron chi connectivity index (χ0n) is 14.3. The highest BCUT2D eigenvalue weighted by molar-refractivity contribution is 6.74. The van der Waals surface area contributed by atoms with Crippen LogP contribution in [-0.2, 0) is 14.0 Å². The van der Waals surface area contributed by atoms with Crippen molar-refractivity contribution in [3.05, 3.63) is 30.6 Å². The Morgan fingerprint density at radius 3 is 1.95 bits per heavy atom. The molecule has 0 aliphatic heterocycles. The first-order valence-electron chi connectivity index (χ1n) is 7.93. The zero-order chi connectivity index (χ0) is 16.3. The summed E-state index contributed by atoms with van der Waals surface area (Å²) in [6, 6.07) is 5.87. The van der Waals surface area contributed by atoms with E-state index in [9.17, 15) is 0 Å². The van der Waals surface area contributed by atoms with Gasteiger partial charge in [-0.15, -0.1) is 0 Å².